The molecule has 2 aliphatic rings. The van der Waals surface area contributed by atoms with Gasteiger partial charge in [0.25, 0.3) is 6.43 Å². The average molecular weight is 560 g/mol. The van der Waals surface area contributed by atoms with Crippen LogP contribution in [-0.4, -0.2) is 66.4 Å². The van der Waals surface area contributed by atoms with Gasteiger partial charge < -0.3 is 15.0 Å². The summed E-state index contributed by atoms with van der Waals surface area (Å²) < 4.78 is 46.9. The van der Waals surface area contributed by atoms with Gasteiger partial charge in [-0.2, -0.15) is 10.1 Å². The van der Waals surface area contributed by atoms with Crippen LogP contribution in [0.2, 0.25) is 0 Å². The van der Waals surface area contributed by atoms with Crippen LogP contribution in [0, 0.1) is 6.92 Å². The van der Waals surface area contributed by atoms with Crippen LogP contribution in [-0.2, 0) is 4.74 Å². The lowest BCUT2D eigenvalue weighted by atomic mass is 10.1. The first-order chi connectivity index (χ1) is 19.4. The second-order valence-corrected chi connectivity index (χ2v) is 9.30. The zero-order valence-corrected chi connectivity index (χ0v) is 23.7. The zero-order valence-electron chi connectivity index (χ0n) is 23.7. The van der Waals surface area contributed by atoms with Gasteiger partial charge in [-0.25, -0.2) is 28.6 Å². The molecule has 3 heterocycles. The van der Waals surface area contributed by atoms with Crippen molar-refractivity contribution in [2.45, 2.75) is 72.1 Å². The number of nitrogens with one attached hydrogen (secondary N) is 2. The van der Waals surface area contributed by atoms with Crippen molar-refractivity contribution in [1.82, 2.24) is 15.3 Å². The molecule has 0 saturated carbocycles. The summed E-state index contributed by atoms with van der Waals surface area (Å²) in [5.74, 6) is 0.624. The minimum Gasteiger partial charge on any atom is -0.376 e. The number of aliphatic imine (C=N–C) groups is 2. The molecule has 2 aliphatic heterocycles. The first-order valence-electron chi connectivity index (χ1n) is 14.0. The van der Waals surface area contributed by atoms with E-state index in [0.717, 1.165) is 19.3 Å². The van der Waals surface area contributed by atoms with Crippen molar-refractivity contribution in [1.29, 1.82) is 0 Å². The summed E-state index contributed by atoms with van der Waals surface area (Å²) in [4.78, 5) is 15.3. The van der Waals surface area contributed by atoms with Gasteiger partial charge in [0.15, 0.2) is 6.17 Å². The highest BCUT2D eigenvalue weighted by Gasteiger charge is 2.28. The fourth-order valence-corrected chi connectivity index (χ4v) is 4.40. The number of amidine groups is 1. The highest BCUT2D eigenvalue weighted by Crippen LogP contribution is 2.25. The lowest BCUT2D eigenvalue weighted by Crippen LogP contribution is -2.42. The molecule has 218 valence electrons. The smallest absolute Gasteiger partial charge is 0.263 e. The number of halogens is 3. The van der Waals surface area contributed by atoms with E-state index in [2.05, 4.69) is 37.7 Å². The molecule has 40 heavy (non-hydrogen) atoms. The maximum atomic E-state index is 15.0. The summed E-state index contributed by atoms with van der Waals surface area (Å²) in [5, 5.41) is 7.34. The molecule has 0 aliphatic carbocycles. The third kappa shape index (κ3) is 9.04. The third-order valence-corrected chi connectivity index (χ3v) is 6.32. The summed E-state index contributed by atoms with van der Waals surface area (Å²) in [6.45, 7) is 10.2. The molecular formula is C29H40F3N7O. The molecule has 0 amide bonds. The maximum absolute atomic E-state index is 15.0. The van der Waals surface area contributed by atoms with Crippen LogP contribution < -0.4 is 10.7 Å². The van der Waals surface area contributed by atoms with E-state index in [-0.39, 0.29) is 24.0 Å². The summed E-state index contributed by atoms with van der Waals surface area (Å²) in [5.41, 5.74) is 5.28. The molecule has 8 nitrogen and oxygen atoms in total. The van der Waals surface area contributed by atoms with Crippen LogP contribution in [0.3, 0.4) is 0 Å². The molecule has 2 atom stereocenters. The Kier molecular flexibility index (Phi) is 12.4. The average Bonchev–Trinajstić information content (AvgIpc) is 3.29. The van der Waals surface area contributed by atoms with E-state index in [1.165, 1.54) is 18.3 Å². The molecule has 0 bridgehead atoms. The summed E-state index contributed by atoms with van der Waals surface area (Å²) >= 11 is 0. The largest absolute Gasteiger partial charge is 0.376 e. The lowest BCUT2D eigenvalue weighted by Gasteiger charge is -2.28. The fourth-order valence-electron chi connectivity index (χ4n) is 4.40. The van der Waals surface area contributed by atoms with E-state index in [1.54, 1.807) is 24.3 Å². The number of hydrogen-bond acceptors (Lipinski definition) is 8. The number of hydrogen-bond donors (Lipinski definition) is 2. The Balaban J connectivity index is 0.00000216. The molecule has 1 saturated heterocycles. The predicted molar refractivity (Wildman–Crippen MR) is 156 cm³/mol. The van der Waals surface area contributed by atoms with Crippen molar-refractivity contribution < 1.29 is 17.9 Å². The predicted octanol–water partition coefficient (Wildman–Crippen LogP) is 6.41. The standard InChI is InChI=1S/C27H34F3N7O.C2H6/c1-3-6-22-17-37(13-5-14-38-22)26-23(28)11-12-31-27(35-26)36-32-16-21-9-10-24(18(2)33-21)34-20-8-4-7-19(15-20)25(29)30;1-2/h4,7-10,15-16,22-23,25,34H,3,5-6,11-14,17H2,1-2H3,(H,31,36);1-2H3/b32-16+;. The van der Waals surface area contributed by atoms with Gasteiger partial charge >= 0.3 is 0 Å². The molecule has 11 heteroatoms. The quantitative estimate of drug-likeness (QED) is 0.303. The summed E-state index contributed by atoms with van der Waals surface area (Å²) in [7, 11) is 0. The summed E-state index contributed by atoms with van der Waals surface area (Å²) in [6.07, 6.45) is 0.862. The van der Waals surface area contributed by atoms with E-state index >= 15 is 0 Å². The van der Waals surface area contributed by atoms with E-state index < -0.39 is 12.6 Å². The molecule has 4 rings (SSSR count). The number of aryl methyl sites for hydroxylation is 1. The number of alkyl halides is 3. The van der Waals surface area contributed by atoms with Gasteiger partial charge in [-0.15, -0.1) is 0 Å². The van der Waals surface area contributed by atoms with Crippen molar-refractivity contribution in [3.63, 3.8) is 0 Å². The van der Waals surface area contributed by atoms with Crippen LogP contribution in [0.4, 0.5) is 24.5 Å². The van der Waals surface area contributed by atoms with Crippen molar-refractivity contribution in [2.24, 2.45) is 15.1 Å². The van der Waals surface area contributed by atoms with Gasteiger partial charge in [-0.3, -0.25) is 0 Å². The van der Waals surface area contributed by atoms with Crippen LogP contribution >= 0.6 is 0 Å². The van der Waals surface area contributed by atoms with Crippen molar-refractivity contribution in [3.05, 3.63) is 53.3 Å². The lowest BCUT2D eigenvalue weighted by molar-refractivity contribution is 0.0539. The van der Waals surface area contributed by atoms with Crippen LogP contribution in [0.1, 0.15) is 69.8 Å². The third-order valence-electron chi connectivity index (χ3n) is 6.32. The molecule has 0 spiro atoms. The number of nitrogens with zero attached hydrogens (tertiary/aromatic N) is 5. The van der Waals surface area contributed by atoms with E-state index in [0.29, 0.717) is 54.8 Å². The maximum Gasteiger partial charge on any atom is 0.263 e. The Hall–Kier alpha value is -3.47. The SMILES string of the molecule is CC.CCCC1CN(C2=NC(N/N=C/c3ccc(Nc4cccc(C(F)F)c4)c(C)n3)=NCCC2F)CCCO1. The molecule has 0 radical (unpaired) electrons. The van der Waals surface area contributed by atoms with Crippen molar-refractivity contribution >= 4 is 29.4 Å². The van der Waals surface area contributed by atoms with E-state index in [9.17, 15) is 13.2 Å². The number of pyridine rings is 1. The molecule has 2 N–H and O–H groups in total. The Morgan fingerprint density at radius 3 is 2.80 bits per heavy atom. The van der Waals surface area contributed by atoms with Crippen LogP contribution in [0.15, 0.2) is 51.5 Å². The first kappa shape index (κ1) is 31.1. The fraction of sp³-hybridized carbons (Fsp3) is 0.517. The second-order valence-electron chi connectivity index (χ2n) is 9.30. The number of benzene rings is 1. The van der Waals surface area contributed by atoms with E-state index in [1.807, 2.05) is 25.7 Å². The Morgan fingerprint density at radius 2 is 2.05 bits per heavy atom. The summed E-state index contributed by atoms with van der Waals surface area (Å²) in [6, 6.07) is 9.66. The van der Waals surface area contributed by atoms with Gasteiger partial charge in [0.2, 0.25) is 5.96 Å². The molecule has 1 aromatic heterocycles. The van der Waals surface area contributed by atoms with Gasteiger partial charge in [-0.1, -0.05) is 39.3 Å². The molecule has 2 unspecified atom stereocenters. The number of rotatable bonds is 7. The normalized spacial score (nSPS) is 19.8. The van der Waals surface area contributed by atoms with Crippen LogP contribution in [0.5, 0.6) is 0 Å². The monoisotopic (exact) mass is 559 g/mol. The Bertz CT molecular complexity index is 1170. The first-order valence-corrected chi connectivity index (χ1v) is 14.0. The topological polar surface area (TPSA) is 86.5 Å². The minimum absolute atomic E-state index is 0.0493. The molecule has 2 aromatic rings. The van der Waals surface area contributed by atoms with Crippen molar-refractivity contribution in [2.75, 3.05) is 31.6 Å². The van der Waals surface area contributed by atoms with Gasteiger partial charge in [0.1, 0.15) is 5.84 Å². The number of ether oxygens (including phenoxy) is 1. The Labute approximate surface area is 234 Å². The highest BCUT2D eigenvalue weighted by atomic mass is 19.3. The minimum atomic E-state index is -2.53. The van der Waals surface area contributed by atoms with E-state index in [4.69, 9.17) is 4.74 Å². The van der Waals surface area contributed by atoms with Gasteiger partial charge in [0, 0.05) is 43.9 Å². The van der Waals surface area contributed by atoms with Gasteiger partial charge in [-0.05, 0) is 44.0 Å². The Morgan fingerprint density at radius 1 is 1.23 bits per heavy atom. The van der Waals surface area contributed by atoms with Crippen LogP contribution in [0.25, 0.3) is 0 Å². The molecular weight excluding hydrogens is 519 g/mol. The van der Waals surface area contributed by atoms with Gasteiger partial charge in [0.05, 0.1) is 29.4 Å². The number of guanidine groups is 1. The highest BCUT2D eigenvalue weighted by molar-refractivity contribution is 5.99. The number of anilines is 2. The number of aromatic nitrogens is 1. The number of hydrazone groups is 1. The van der Waals surface area contributed by atoms with Crippen molar-refractivity contribution in [3.8, 4) is 0 Å². The zero-order chi connectivity index (χ0) is 28.9. The molecule has 1 fully saturated rings. The second kappa shape index (κ2) is 16.0. The molecule has 1 aromatic carbocycles.